The molecule has 1 aliphatic carbocycles. The minimum Gasteiger partial charge on any atom is -0.325 e. The van der Waals surface area contributed by atoms with Crippen molar-refractivity contribution < 1.29 is 0 Å². The van der Waals surface area contributed by atoms with Gasteiger partial charge in [-0.15, -0.1) is 12.4 Å². The van der Waals surface area contributed by atoms with Crippen molar-refractivity contribution in [2.75, 3.05) is 0 Å². The lowest BCUT2D eigenvalue weighted by atomic mass is 10.1. The molecule has 2 rings (SSSR count). The summed E-state index contributed by atoms with van der Waals surface area (Å²) in [5.41, 5.74) is 7.33. The second-order valence-electron chi connectivity index (χ2n) is 3.67. The van der Waals surface area contributed by atoms with Gasteiger partial charge in [0.25, 0.3) is 0 Å². The summed E-state index contributed by atoms with van der Waals surface area (Å²) in [7, 11) is 0. The highest BCUT2D eigenvalue weighted by Crippen LogP contribution is 2.35. The van der Waals surface area contributed by atoms with E-state index < -0.39 is 0 Å². The molecular formula is C10H13Cl2N. The molecule has 0 spiro atoms. The average molecular weight is 218 g/mol. The zero-order valence-electron chi connectivity index (χ0n) is 7.29. The highest BCUT2D eigenvalue weighted by Gasteiger charge is 2.37. The first-order chi connectivity index (χ1) is 5.68. The van der Waals surface area contributed by atoms with Crippen molar-refractivity contribution in [1.29, 1.82) is 0 Å². The quantitative estimate of drug-likeness (QED) is 0.811. The van der Waals surface area contributed by atoms with Crippen LogP contribution in [0, 0.1) is 0 Å². The maximum Gasteiger partial charge on any atom is 0.0408 e. The lowest BCUT2D eigenvalue weighted by Crippen LogP contribution is -2.24. The van der Waals surface area contributed by atoms with Crippen LogP contribution in [0.4, 0.5) is 0 Å². The lowest BCUT2D eigenvalue weighted by molar-refractivity contribution is 0.672. The standard InChI is InChI=1S/C10H12ClN.ClH/c11-9-3-1-2-8(6-9)7-10(12)4-5-10;/h1-3,6H,4-5,7,12H2;1H. The predicted octanol–water partition coefficient (Wildman–Crippen LogP) is 2.80. The fraction of sp³-hybridized carbons (Fsp3) is 0.400. The fourth-order valence-electron chi connectivity index (χ4n) is 1.39. The molecule has 13 heavy (non-hydrogen) atoms. The molecule has 0 aromatic heterocycles. The zero-order chi connectivity index (χ0) is 8.60. The van der Waals surface area contributed by atoms with Crippen LogP contribution >= 0.6 is 24.0 Å². The number of halogens is 2. The van der Waals surface area contributed by atoms with E-state index in [2.05, 4.69) is 6.07 Å². The van der Waals surface area contributed by atoms with Crippen molar-refractivity contribution >= 4 is 24.0 Å². The Bertz CT molecular complexity index is 295. The minimum absolute atomic E-state index is 0. The van der Waals surface area contributed by atoms with Crippen molar-refractivity contribution in [3.63, 3.8) is 0 Å². The van der Waals surface area contributed by atoms with Gasteiger partial charge in [0.1, 0.15) is 0 Å². The molecule has 3 heteroatoms. The van der Waals surface area contributed by atoms with Gasteiger partial charge in [-0.2, -0.15) is 0 Å². The van der Waals surface area contributed by atoms with E-state index in [1.807, 2.05) is 18.2 Å². The van der Waals surface area contributed by atoms with Crippen LogP contribution in [0.3, 0.4) is 0 Å². The molecular weight excluding hydrogens is 205 g/mol. The molecule has 1 fully saturated rings. The third-order valence-electron chi connectivity index (χ3n) is 2.34. The molecule has 0 bridgehead atoms. The van der Waals surface area contributed by atoms with Crippen LogP contribution in [0.5, 0.6) is 0 Å². The SMILES string of the molecule is Cl.NC1(Cc2cccc(Cl)c2)CC1. The summed E-state index contributed by atoms with van der Waals surface area (Å²) >= 11 is 5.85. The van der Waals surface area contributed by atoms with Crippen LogP contribution in [0.15, 0.2) is 24.3 Å². The molecule has 0 saturated heterocycles. The maximum atomic E-state index is 5.99. The van der Waals surface area contributed by atoms with Gasteiger partial charge in [0.05, 0.1) is 0 Å². The predicted molar refractivity (Wildman–Crippen MR) is 58.6 cm³/mol. The number of hydrogen-bond acceptors (Lipinski definition) is 1. The molecule has 1 aliphatic rings. The van der Waals surface area contributed by atoms with E-state index in [1.165, 1.54) is 5.56 Å². The van der Waals surface area contributed by atoms with Gasteiger partial charge < -0.3 is 5.73 Å². The van der Waals surface area contributed by atoms with Crippen LogP contribution in [-0.4, -0.2) is 5.54 Å². The summed E-state index contributed by atoms with van der Waals surface area (Å²) in [6.45, 7) is 0. The van der Waals surface area contributed by atoms with Gasteiger partial charge in [0.2, 0.25) is 0 Å². The van der Waals surface area contributed by atoms with Crippen LogP contribution in [-0.2, 0) is 6.42 Å². The number of hydrogen-bond donors (Lipinski definition) is 1. The molecule has 0 radical (unpaired) electrons. The summed E-state index contributed by atoms with van der Waals surface area (Å²) in [5, 5.41) is 0.803. The van der Waals surface area contributed by atoms with E-state index in [4.69, 9.17) is 17.3 Å². The Labute approximate surface area is 89.7 Å². The van der Waals surface area contributed by atoms with Gasteiger partial charge in [0, 0.05) is 10.6 Å². The van der Waals surface area contributed by atoms with E-state index in [9.17, 15) is 0 Å². The second kappa shape index (κ2) is 3.87. The normalized spacial score (nSPS) is 17.7. The molecule has 0 heterocycles. The topological polar surface area (TPSA) is 26.0 Å². The average Bonchev–Trinajstić information content (AvgIpc) is 2.67. The van der Waals surface area contributed by atoms with E-state index in [0.717, 1.165) is 24.3 Å². The van der Waals surface area contributed by atoms with Crippen LogP contribution in [0.1, 0.15) is 18.4 Å². The van der Waals surface area contributed by atoms with E-state index >= 15 is 0 Å². The number of benzene rings is 1. The fourth-order valence-corrected chi connectivity index (χ4v) is 1.60. The van der Waals surface area contributed by atoms with Crippen molar-refractivity contribution in [2.45, 2.75) is 24.8 Å². The van der Waals surface area contributed by atoms with Crippen molar-refractivity contribution in [3.8, 4) is 0 Å². The Hall–Kier alpha value is -0.240. The van der Waals surface area contributed by atoms with E-state index in [-0.39, 0.29) is 17.9 Å². The first-order valence-electron chi connectivity index (χ1n) is 4.21. The molecule has 0 amide bonds. The molecule has 1 aromatic rings. The maximum absolute atomic E-state index is 5.99. The second-order valence-corrected chi connectivity index (χ2v) is 4.11. The van der Waals surface area contributed by atoms with Crippen LogP contribution < -0.4 is 5.73 Å². The molecule has 0 unspecified atom stereocenters. The molecule has 1 aromatic carbocycles. The van der Waals surface area contributed by atoms with Gasteiger partial charge in [-0.1, -0.05) is 23.7 Å². The first-order valence-corrected chi connectivity index (χ1v) is 4.59. The Morgan fingerprint density at radius 1 is 1.38 bits per heavy atom. The zero-order valence-corrected chi connectivity index (χ0v) is 8.87. The van der Waals surface area contributed by atoms with Crippen LogP contribution in [0.25, 0.3) is 0 Å². The summed E-state index contributed by atoms with van der Waals surface area (Å²) in [5.74, 6) is 0. The van der Waals surface area contributed by atoms with E-state index in [1.54, 1.807) is 0 Å². The van der Waals surface area contributed by atoms with Gasteiger partial charge in [-0.3, -0.25) is 0 Å². The van der Waals surface area contributed by atoms with E-state index in [0.29, 0.717) is 0 Å². The highest BCUT2D eigenvalue weighted by atomic mass is 35.5. The summed E-state index contributed by atoms with van der Waals surface area (Å²) in [6.07, 6.45) is 3.27. The smallest absolute Gasteiger partial charge is 0.0408 e. The largest absolute Gasteiger partial charge is 0.325 e. The van der Waals surface area contributed by atoms with Gasteiger partial charge in [0.15, 0.2) is 0 Å². The minimum atomic E-state index is 0. The van der Waals surface area contributed by atoms with Crippen LogP contribution in [0.2, 0.25) is 5.02 Å². The third-order valence-corrected chi connectivity index (χ3v) is 2.57. The van der Waals surface area contributed by atoms with Crippen molar-refractivity contribution in [2.24, 2.45) is 5.73 Å². The van der Waals surface area contributed by atoms with Crippen molar-refractivity contribution in [3.05, 3.63) is 34.9 Å². The number of nitrogens with two attached hydrogens (primary N) is 1. The highest BCUT2D eigenvalue weighted by molar-refractivity contribution is 6.30. The monoisotopic (exact) mass is 217 g/mol. The Balaban J connectivity index is 0.000000845. The molecule has 1 nitrogen and oxygen atoms in total. The summed E-state index contributed by atoms with van der Waals surface area (Å²) in [6, 6.07) is 7.94. The van der Waals surface area contributed by atoms with Gasteiger partial charge in [-0.25, -0.2) is 0 Å². The summed E-state index contributed by atoms with van der Waals surface area (Å²) < 4.78 is 0. The van der Waals surface area contributed by atoms with Crippen molar-refractivity contribution in [1.82, 2.24) is 0 Å². The molecule has 1 saturated carbocycles. The molecule has 0 atom stereocenters. The number of rotatable bonds is 2. The Kier molecular flexibility index (Phi) is 3.23. The first kappa shape index (κ1) is 10.8. The molecule has 72 valence electrons. The van der Waals surface area contributed by atoms with Gasteiger partial charge >= 0.3 is 0 Å². The lowest BCUT2D eigenvalue weighted by Gasteiger charge is -2.07. The Morgan fingerprint density at radius 3 is 2.62 bits per heavy atom. The Morgan fingerprint density at radius 2 is 2.08 bits per heavy atom. The molecule has 0 aliphatic heterocycles. The molecule has 2 N–H and O–H groups in total. The third kappa shape index (κ3) is 2.87. The van der Waals surface area contributed by atoms with Gasteiger partial charge in [-0.05, 0) is 37.0 Å². The summed E-state index contributed by atoms with van der Waals surface area (Å²) in [4.78, 5) is 0.